The lowest BCUT2D eigenvalue weighted by Gasteiger charge is -2.40. The van der Waals surface area contributed by atoms with Gasteiger partial charge in [-0.05, 0) is 113 Å². The van der Waals surface area contributed by atoms with Gasteiger partial charge in [-0.3, -0.25) is 33.6 Å². The third-order valence-electron chi connectivity index (χ3n) is 17.4. The number of hydrogen-bond donors (Lipinski definition) is 4. The number of fused-ring (bicyclic) bond motifs is 1. The standard InChI is InChI=1S/C47H76N6O7S/c1-10-21-44(24-25-44)61(59,60)51-41(58)47(27-32(47)11-2)50-38(55)34-28-46(43(8,9)45(46)22-17-23-45)29-53(34)40(57)36(42(5,6)7)49-39(56)35(31-18-13-12-14-19-31)48-37(54)33-20-15-16-26-52(33)30(3)4/h11,30-36H,2,10,12-29H2,1,3-9H3,(H,48,54)(H,49,56)(H,50,55)(H,51,58)/t32-,33+,34+,35+,36-,46-,47-/m1/s1. The number of hydrogen-bond acceptors (Lipinski definition) is 8. The number of carbonyl (C=O) groups is 5. The molecule has 13 nitrogen and oxygen atoms in total. The first-order chi connectivity index (χ1) is 28.6. The molecule has 5 amide bonds. The molecule has 0 bridgehead atoms. The van der Waals surface area contributed by atoms with Crippen molar-refractivity contribution in [2.75, 3.05) is 13.1 Å². The Labute approximate surface area is 365 Å². The van der Waals surface area contributed by atoms with E-state index in [1.807, 2.05) is 27.7 Å². The van der Waals surface area contributed by atoms with Gasteiger partial charge >= 0.3 is 0 Å². The number of sulfonamides is 1. The number of nitrogens with one attached hydrogen (secondary N) is 4. The number of carbonyl (C=O) groups excluding carboxylic acids is 5. The average molecular weight is 869 g/mol. The lowest BCUT2D eigenvalue weighted by atomic mass is 9.73. The first-order valence-electron chi connectivity index (χ1n) is 23.8. The molecule has 7 atom stereocenters. The van der Waals surface area contributed by atoms with Crippen molar-refractivity contribution >= 4 is 39.6 Å². The number of likely N-dealkylation sites (tertiary alicyclic amines) is 2. The van der Waals surface area contributed by atoms with Crippen molar-refractivity contribution in [1.29, 1.82) is 0 Å². The van der Waals surface area contributed by atoms with Gasteiger partial charge in [0.15, 0.2) is 0 Å². The molecular weight excluding hydrogens is 793 g/mol. The van der Waals surface area contributed by atoms with Gasteiger partial charge in [0.25, 0.3) is 5.91 Å². The Kier molecular flexibility index (Phi) is 12.2. The highest BCUT2D eigenvalue weighted by molar-refractivity contribution is 7.91. The van der Waals surface area contributed by atoms with Crippen molar-refractivity contribution in [2.24, 2.45) is 33.5 Å². The third-order valence-corrected chi connectivity index (χ3v) is 19.6. The SMILES string of the molecule is C=C[C@@H]1C[C@]1(NC(=O)[C@@H]1C[C@@]2(CN1C(=O)[C@@H](NC(=O)[C@@H](NC(=O)[C@@H]1CCCCN1C(C)C)C1CCCCC1)C(C)(C)C)C(C)(C)C21CCC1)C(=O)NS(=O)(=O)C1(CCC)CC1. The number of rotatable bonds is 15. The highest BCUT2D eigenvalue weighted by Gasteiger charge is 2.85. The molecule has 7 fully saturated rings. The van der Waals surface area contributed by atoms with E-state index in [0.717, 1.165) is 77.2 Å². The number of amides is 5. The van der Waals surface area contributed by atoms with E-state index in [9.17, 15) is 27.6 Å². The highest BCUT2D eigenvalue weighted by Crippen LogP contribution is 2.88. The molecule has 0 aromatic carbocycles. The van der Waals surface area contributed by atoms with Crippen LogP contribution in [0.15, 0.2) is 12.7 Å². The summed E-state index contributed by atoms with van der Waals surface area (Å²) in [5.74, 6) is -2.68. The van der Waals surface area contributed by atoms with Crippen LogP contribution in [0, 0.1) is 33.5 Å². The van der Waals surface area contributed by atoms with Crippen LogP contribution < -0.4 is 20.7 Å². The van der Waals surface area contributed by atoms with Gasteiger partial charge < -0.3 is 20.9 Å². The smallest absolute Gasteiger partial charge is 0.259 e. The van der Waals surface area contributed by atoms with Gasteiger partial charge in [-0.1, -0.05) is 86.1 Å². The monoisotopic (exact) mass is 869 g/mol. The van der Waals surface area contributed by atoms with Gasteiger partial charge in [0.05, 0.1) is 10.8 Å². The van der Waals surface area contributed by atoms with E-state index in [1.165, 1.54) is 0 Å². The number of nitrogens with zero attached hydrogens (tertiary/aromatic N) is 2. The minimum Gasteiger partial charge on any atom is -0.343 e. The van der Waals surface area contributed by atoms with E-state index in [0.29, 0.717) is 38.6 Å². The zero-order valence-electron chi connectivity index (χ0n) is 38.4. The molecule has 14 heteroatoms. The maximum Gasteiger partial charge on any atom is 0.259 e. The maximum atomic E-state index is 15.3. The lowest BCUT2D eigenvalue weighted by molar-refractivity contribution is -0.145. The summed E-state index contributed by atoms with van der Waals surface area (Å²) in [4.78, 5) is 76.9. The molecule has 7 aliphatic rings. The molecule has 2 heterocycles. The first kappa shape index (κ1) is 46.0. The Morgan fingerprint density at radius 2 is 1.49 bits per heavy atom. The fourth-order valence-electron chi connectivity index (χ4n) is 13.0. The van der Waals surface area contributed by atoms with Crippen LogP contribution in [0.1, 0.15) is 165 Å². The minimum absolute atomic E-state index is 0.0163. The Bertz CT molecular complexity index is 1880. The van der Waals surface area contributed by atoms with E-state index in [-0.39, 0.29) is 58.4 Å². The predicted molar refractivity (Wildman–Crippen MR) is 235 cm³/mol. The van der Waals surface area contributed by atoms with Crippen LogP contribution in [0.25, 0.3) is 0 Å². The second-order valence-electron chi connectivity index (χ2n) is 22.2. The molecule has 5 saturated carbocycles. The zero-order chi connectivity index (χ0) is 44.6. The van der Waals surface area contributed by atoms with E-state index in [1.54, 1.807) is 11.0 Å². The topological polar surface area (TPSA) is 174 Å². The van der Waals surface area contributed by atoms with Crippen LogP contribution in [0.3, 0.4) is 0 Å². The second kappa shape index (κ2) is 16.2. The largest absolute Gasteiger partial charge is 0.343 e. The molecular formula is C47H76N6O7S. The van der Waals surface area contributed by atoms with Gasteiger partial charge in [0.1, 0.15) is 23.7 Å². The summed E-state index contributed by atoms with van der Waals surface area (Å²) in [6.07, 6.45) is 14.7. The summed E-state index contributed by atoms with van der Waals surface area (Å²) in [7, 11) is -3.99. The quantitative estimate of drug-likeness (QED) is 0.157. The van der Waals surface area contributed by atoms with E-state index in [4.69, 9.17) is 0 Å². The molecule has 342 valence electrons. The Hall–Kier alpha value is -3.00. The second-order valence-corrected chi connectivity index (χ2v) is 24.3. The van der Waals surface area contributed by atoms with Gasteiger partial charge in [-0.25, -0.2) is 8.42 Å². The van der Waals surface area contributed by atoms with Crippen molar-refractivity contribution in [3.63, 3.8) is 0 Å². The summed E-state index contributed by atoms with van der Waals surface area (Å²) in [5.41, 5.74) is -2.76. The summed E-state index contributed by atoms with van der Waals surface area (Å²) in [5, 5.41) is 9.38. The van der Waals surface area contributed by atoms with Crippen LogP contribution in [-0.2, 0) is 34.0 Å². The van der Waals surface area contributed by atoms with Crippen LogP contribution >= 0.6 is 0 Å². The molecule has 0 radical (unpaired) electrons. The molecule has 2 saturated heterocycles. The molecule has 5 aliphatic carbocycles. The van der Waals surface area contributed by atoms with Crippen molar-refractivity contribution in [1.82, 2.24) is 30.5 Å². The molecule has 2 spiro atoms. The van der Waals surface area contributed by atoms with Gasteiger partial charge in [0.2, 0.25) is 33.7 Å². The lowest BCUT2D eigenvalue weighted by Crippen LogP contribution is -2.63. The molecule has 61 heavy (non-hydrogen) atoms. The normalized spacial score (nSPS) is 32.3. The van der Waals surface area contributed by atoms with Crippen molar-refractivity contribution in [3.8, 4) is 0 Å². The Morgan fingerprint density at radius 3 is 2.02 bits per heavy atom. The fraction of sp³-hybridized carbons (Fsp3) is 0.851. The summed E-state index contributed by atoms with van der Waals surface area (Å²) < 4.78 is 28.5. The highest BCUT2D eigenvalue weighted by atomic mass is 32.2. The van der Waals surface area contributed by atoms with Crippen LogP contribution in [0.5, 0.6) is 0 Å². The first-order valence-corrected chi connectivity index (χ1v) is 25.2. The van der Waals surface area contributed by atoms with Crippen molar-refractivity contribution < 1.29 is 32.4 Å². The van der Waals surface area contributed by atoms with E-state index in [2.05, 4.69) is 59.8 Å². The summed E-state index contributed by atoms with van der Waals surface area (Å²) in [6, 6.07) is -2.91. The third kappa shape index (κ3) is 7.66. The molecule has 0 unspecified atom stereocenters. The van der Waals surface area contributed by atoms with Crippen LogP contribution in [0.2, 0.25) is 0 Å². The molecule has 4 N–H and O–H groups in total. The Balaban J connectivity index is 1.15. The maximum absolute atomic E-state index is 15.3. The van der Waals surface area contributed by atoms with Gasteiger partial charge in [-0.15, -0.1) is 6.58 Å². The van der Waals surface area contributed by atoms with Gasteiger partial charge in [0, 0.05) is 23.9 Å². The minimum atomic E-state index is -3.99. The molecule has 7 rings (SSSR count). The fourth-order valence-corrected chi connectivity index (χ4v) is 14.7. The molecule has 2 aliphatic heterocycles. The number of piperidine rings is 1. The van der Waals surface area contributed by atoms with Crippen molar-refractivity contribution in [2.45, 2.75) is 205 Å². The van der Waals surface area contributed by atoms with E-state index < -0.39 is 61.6 Å². The van der Waals surface area contributed by atoms with Gasteiger partial charge in [-0.2, -0.15) is 0 Å². The summed E-state index contributed by atoms with van der Waals surface area (Å²) in [6.45, 7) is 21.4. The van der Waals surface area contributed by atoms with Crippen LogP contribution in [-0.4, -0.2) is 101 Å². The predicted octanol–water partition coefficient (Wildman–Crippen LogP) is 5.48. The average Bonchev–Trinajstić information content (AvgIpc) is 4.13. The molecule has 0 aromatic heterocycles. The Morgan fingerprint density at radius 1 is 0.836 bits per heavy atom. The van der Waals surface area contributed by atoms with E-state index >= 15 is 4.79 Å². The zero-order valence-corrected chi connectivity index (χ0v) is 39.2. The van der Waals surface area contributed by atoms with Crippen LogP contribution in [0.4, 0.5) is 0 Å². The summed E-state index contributed by atoms with van der Waals surface area (Å²) >= 11 is 0. The molecule has 0 aromatic rings. The van der Waals surface area contributed by atoms with Crippen molar-refractivity contribution in [3.05, 3.63) is 12.7 Å².